The summed E-state index contributed by atoms with van der Waals surface area (Å²) in [6, 6.07) is 11.4. The molecule has 1 saturated carbocycles. The standard InChI is InChI=1S/C33H44N4O7S/c1-33(32(40)35(2)14-16-44-17-15-36(3)45(34,41)42)20-24-18-25(43-4)11-13-26(24)30-29(22-8-6-5-7-9-22)27-12-10-23(31(38)39)19-28(27)37(30)21-33/h10-13,18-19,22H,5-9,14-17,20-21H2,1-4H3,(H,38,39)(H2,34,41,42). The van der Waals surface area contributed by atoms with Crippen LogP contribution in [0.15, 0.2) is 36.4 Å². The number of nitrogens with zero attached hydrogens (tertiary/aromatic N) is 3. The number of amides is 1. The predicted molar refractivity (Wildman–Crippen MR) is 173 cm³/mol. The number of carbonyl (C=O) groups excluding carboxylic acids is 1. The van der Waals surface area contributed by atoms with Gasteiger partial charge in [0.15, 0.2) is 0 Å². The SMILES string of the molecule is COc1ccc2c(c1)CC(C)(C(=O)N(C)CCOCCN(C)S(N)(=O)=O)Cn1c-2c(C2CCCCC2)c2ccc(C(=O)O)cc21. The van der Waals surface area contributed by atoms with E-state index in [1.54, 1.807) is 31.2 Å². The molecule has 1 aliphatic carbocycles. The van der Waals surface area contributed by atoms with Crippen molar-refractivity contribution in [3.05, 3.63) is 53.1 Å². The van der Waals surface area contributed by atoms with Crippen molar-refractivity contribution in [3.8, 4) is 17.0 Å². The molecule has 1 atom stereocenters. The molecule has 0 spiro atoms. The summed E-state index contributed by atoms with van der Waals surface area (Å²) < 4.78 is 37.3. The van der Waals surface area contributed by atoms with Gasteiger partial charge in [-0.25, -0.2) is 9.93 Å². The van der Waals surface area contributed by atoms with Crippen molar-refractivity contribution >= 4 is 33.0 Å². The summed E-state index contributed by atoms with van der Waals surface area (Å²) in [5, 5.41) is 16.1. The van der Waals surface area contributed by atoms with Gasteiger partial charge in [-0.1, -0.05) is 25.3 Å². The number of carboxylic acids is 1. The van der Waals surface area contributed by atoms with Gasteiger partial charge in [-0.15, -0.1) is 0 Å². The number of carbonyl (C=O) groups is 2. The summed E-state index contributed by atoms with van der Waals surface area (Å²) in [6.07, 6.45) is 6.14. The number of hydrogen-bond acceptors (Lipinski definition) is 6. The first-order valence-corrected chi connectivity index (χ1v) is 17.0. The second kappa shape index (κ2) is 13.1. The van der Waals surface area contributed by atoms with Gasteiger partial charge in [-0.2, -0.15) is 12.7 Å². The van der Waals surface area contributed by atoms with Crippen LogP contribution in [0.5, 0.6) is 5.75 Å². The highest BCUT2D eigenvalue weighted by molar-refractivity contribution is 7.86. The number of likely N-dealkylation sites (N-methyl/N-ethyl adjacent to an activating group) is 2. The lowest BCUT2D eigenvalue weighted by Gasteiger charge is -2.33. The van der Waals surface area contributed by atoms with Crippen molar-refractivity contribution in [3.63, 3.8) is 0 Å². The first-order chi connectivity index (χ1) is 21.3. The Morgan fingerprint density at radius 2 is 1.78 bits per heavy atom. The van der Waals surface area contributed by atoms with E-state index in [1.165, 1.54) is 19.0 Å². The van der Waals surface area contributed by atoms with Crippen LogP contribution in [0.25, 0.3) is 22.2 Å². The van der Waals surface area contributed by atoms with Crippen LogP contribution < -0.4 is 9.88 Å². The lowest BCUT2D eigenvalue weighted by atomic mass is 9.79. The third kappa shape index (κ3) is 6.74. The van der Waals surface area contributed by atoms with E-state index in [1.807, 2.05) is 25.1 Å². The lowest BCUT2D eigenvalue weighted by molar-refractivity contribution is -0.141. The molecule has 0 saturated heterocycles. The largest absolute Gasteiger partial charge is 0.497 e. The summed E-state index contributed by atoms with van der Waals surface area (Å²) >= 11 is 0. The summed E-state index contributed by atoms with van der Waals surface area (Å²) in [5.41, 5.74) is 4.55. The van der Waals surface area contributed by atoms with Crippen LogP contribution in [0, 0.1) is 5.41 Å². The van der Waals surface area contributed by atoms with Gasteiger partial charge in [-0.3, -0.25) is 4.79 Å². The monoisotopic (exact) mass is 640 g/mol. The Balaban J connectivity index is 1.54. The minimum atomic E-state index is -3.78. The quantitative estimate of drug-likeness (QED) is 0.299. The minimum absolute atomic E-state index is 0.0650. The number of rotatable bonds is 11. The molecule has 1 fully saturated rings. The van der Waals surface area contributed by atoms with Crippen LogP contribution >= 0.6 is 0 Å². The maximum Gasteiger partial charge on any atom is 0.335 e. The number of carboxylic acid groups (broad SMARTS) is 1. The molecular weight excluding hydrogens is 596 g/mol. The molecule has 3 aromatic rings. The maximum atomic E-state index is 14.3. The molecule has 45 heavy (non-hydrogen) atoms. The number of nitrogens with two attached hydrogens (primary N) is 1. The fraction of sp³-hybridized carbons (Fsp3) is 0.515. The molecule has 0 bridgehead atoms. The fourth-order valence-electron chi connectivity index (χ4n) is 7.00. The molecular formula is C33H44N4O7S. The Bertz CT molecular complexity index is 1700. The van der Waals surface area contributed by atoms with Crippen molar-refractivity contribution in [2.24, 2.45) is 10.6 Å². The first kappa shape index (κ1) is 32.9. The molecule has 1 unspecified atom stereocenters. The topological polar surface area (TPSA) is 144 Å². The lowest BCUT2D eigenvalue weighted by Crippen LogP contribution is -2.45. The molecule has 244 valence electrons. The number of ether oxygens (including phenoxy) is 2. The van der Waals surface area contributed by atoms with Crippen LogP contribution in [0.2, 0.25) is 0 Å². The highest BCUT2D eigenvalue weighted by Crippen LogP contribution is 2.49. The summed E-state index contributed by atoms with van der Waals surface area (Å²) in [7, 11) is 0.977. The molecule has 2 aromatic carbocycles. The van der Waals surface area contributed by atoms with Crippen LogP contribution in [0.1, 0.15) is 66.4 Å². The van der Waals surface area contributed by atoms with Crippen molar-refractivity contribution in [2.45, 2.75) is 57.9 Å². The molecule has 1 amide bonds. The van der Waals surface area contributed by atoms with E-state index in [4.69, 9.17) is 14.6 Å². The maximum absolute atomic E-state index is 14.3. The second-order valence-electron chi connectivity index (χ2n) is 12.7. The molecule has 12 heteroatoms. The molecule has 1 aliphatic heterocycles. The fourth-order valence-corrected chi connectivity index (χ4v) is 7.33. The van der Waals surface area contributed by atoms with Crippen LogP contribution in [0.4, 0.5) is 0 Å². The number of hydrogen-bond donors (Lipinski definition) is 2. The third-order valence-corrected chi connectivity index (χ3v) is 10.5. The Kier molecular flexibility index (Phi) is 9.60. The molecule has 1 aromatic heterocycles. The summed E-state index contributed by atoms with van der Waals surface area (Å²) in [4.78, 5) is 28.0. The van der Waals surface area contributed by atoms with E-state index in [9.17, 15) is 23.1 Å². The molecule has 0 radical (unpaired) electrons. The van der Waals surface area contributed by atoms with Gasteiger partial charge in [0.1, 0.15) is 5.75 Å². The Hall–Kier alpha value is -3.45. The van der Waals surface area contributed by atoms with Gasteiger partial charge in [0.05, 0.1) is 37.0 Å². The molecule has 11 nitrogen and oxygen atoms in total. The van der Waals surface area contributed by atoms with Gasteiger partial charge in [0.2, 0.25) is 5.91 Å². The first-order valence-electron chi connectivity index (χ1n) is 15.5. The molecule has 3 N–H and O–H groups in total. The third-order valence-electron chi connectivity index (χ3n) is 9.44. The number of methoxy groups -OCH3 is 1. The van der Waals surface area contributed by atoms with Crippen molar-refractivity contribution in [2.75, 3.05) is 47.5 Å². The van der Waals surface area contributed by atoms with Gasteiger partial charge < -0.3 is 24.0 Å². The molecule has 2 heterocycles. The number of fused-ring (bicyclic) bond motifs is 5. The minimum Gasteiger partial charge on any atom is -0.497 e. The van der Waals surface area contributed by atoms with Crippen molar-refractivity contribution in [1.29, 1.82) is 0 Å². The van der Waals surface area contributed by atoms with Gasteiger partial charge in [0, 0.05) is 50.2 Å². The number of benzene rings is 2. The predicted octanol–water partition coefficient (Wildman–Crippen LogP) is 4.24. The van der Waals surface area contributed by atoms with E-state index in [0.717, 1.165) is 57.7 Å². The number of aromatic carboxylic acids is 1. The Labute approximate surface area is 265 Å². The molecule has 5 rings (SSSR count). The molecule has 2 aliphatic rings. The second-order valence-corrected chi connectivity index (χ2v) is 14.3. The van der Waals surface area contributed by atoms with Gasteiger partial charge in [0.25, 0.3) is 10.2 Å². The Morgan fingerprint density at radius 1 is 1.07 bits per heavy atom. The van der Waals surface area contributed by atoms with E-state index in [-0.39, 0.29) is 31.2 Å². The Morgan fingerprint density at radius 3 is 2.44 bits per heavy atom. The zero-order chi connectivity index (χ0) is 32.5. The van der Waals surface area contributed by atoms with Crippen LogP contribution in [-0.4, -0.2) is 86.7 Å². The van der Waals surface area contributed by atoms with Crippen LogP contribution in [-0.2, 0) is 32.7 Å². The van der Waals surface area contributed by atoms with Gasteiger partial charge >= 0.3 is 5.97 Å². The van der Waals surface area contributed by atoms with E-state index in [2.05, 4.69) is 10.6 Å². The van der Waals surface area contributed by atoms with Crippen LogP contribution in [0.3, 0.4) is 0 Å². The zero-order valence-corrected chi connectivity index (χ0v) is 27.4. The highest BCUT2D eigenvalue weighted by atomic mass is 32.2. The van der Waals surface area contributed by atoms with Gasteiger partial charge in [-0.05, 0) is 73.6 Å². The zero-order valence-electron chi connectivity index (χ0n) is 26.5. The van der Waals surface area contributed by atoms with Crippen molar-refractivity contribution < 1.29 is 32.6 Å². The number of aromatic nitrogens is 1. The van der Waals surface area contributed by atoms with E-state index in [0.29, 0.717) is 31.2 Å². The highest BCUT2D eigenvalue weighted by Gasteiger charge is 2.41. The van der Waals surface area contributed by atoms with Crippen molar-refractivity contribution in [1.82, 2.24) is 13.8 Å². The average Bonchev–Trinajstić information content (AvgIpc) is 3.25. The van der Waals surface area contributed by atoms with E-state index < -0.39 is 21.6 Å². The smallest absolute Gasteiger partial charge is 0.335 e. The average molecular weight is 641 g/mol. The summed E-state index contributed by atoms with van der Waals surface area (Å²) in [5.74, 6) is 0.00657. The summed E-state index contributed by atoms with van der Waals surface area (Å²) in [6.45, 7) is 3.14. The normalized spacial score (nSPS) is 18.8. The van der Waals surface area contributed by atoms with E-state index >= 15 is 0 Å².